The highest BCUT2D eigenvalue weighted by molar-refractivity contribution is 9.10. The summed E-state index contributed by atoms with van der Waals surface area (Å²) in [5.74, 6) is 0. The van der Waals surface area contributed by atoms with Crippen LogP contribution in [0.5, 0.6) is 0 Å². The molecule has 0 aliphatic heterocycles. The molecule has 0 spiro atoms. The second-order valence-electron chi connectivity index (χ2n) is 3.73. The molecule has 0 aliphatic carbocycles. The Labute approximate surface area is 129 Å². The molecule has 1 aromatic heterocycles. The van der Waals surface area contributed by atoms with Gasteiger partial charge in [-0.05, 0) is 46.9 Å². The summed E-state index contributed by atoms with van der Waals surface area (Å²) < 4.78 is 1.76. The zero-order valence-electron chi connectivity index (χ0n) is 10.0. The van der Waals surface area contributed by atoms with E-state index in [0.29, 0.717) is 0 Å². The number of benzene rings is 1. The van der Waals surface area contributed by atoms with E-state index >= 15 is 0 Å². The van der Waals surface area contributed by atoms with Gasteiger partial charge in [0.25, 0.3) is 0 Å². The predicted octanol–water partition coefficient (Wildman–Crippen LogP) is 5.19. The predicted molar refractivity (Wildman–Crippen MR) is 86.2 cm³/mol. The van der Waals surface area contributed by atoms with Gasteiger partial charge in [0, 0.05) is 14.2 Å². The Bertz CT molecular complexity index is 522. The van der Waals surface area contributed by atoms with Crippen LogP contribution in [-0.2, 0) is 0 Å². The lowest BCUT2D eigenvalue weighted by Gasteiger charge is -2.17. The Hall–Kier alpha value is -0.000000000000000111. The molecule has 96 valence electrons. The van der Waals surface area contributed by atoms with Crippen molar-refractivity contribution in [3.63, 3.8) is 0 Å². The Kier molecular flexibility index (Phi) is 5.15. The third-order valence-corrected chi connectivity index (χ3v) is 6.04. The molecule has 1 atom stereocenters. The molecule has 0 aliphatic rings. The molecule has 0 saturated carbocycles. The number of rotatable bonds is 4. The number of halogens is 2. The Morgan fingerprint density at radius 3 is 2.67 bits per heavy atom. The summed E-state index contributed by atoms with van der Waals surface area (Å²) in [4.78, 5) is 2.51. The van der Waals surface area contributed by atoms with Crippen LogP contribution in [0.3, 0.4) is 0 Å². The fourth-order valence-corrected chi connectivity index (χ4v) is 4.36. The summed E-state index contributed by atoms with van der Waals surface area (Å²) in [6.45, 7) is 0. The zero-order valence-corrected chi connectivity index (χ0v) is 14.0. The van der Waals surface area contributed by atoms with Crippen LogP contribution in [0.25, 0.3) is 0 Å². The summed E-state index contributed by atoms with van der Waals surface area (Å²) in [6.07, 6.45) is 2.10. The average molecular weight is 363 g/mol. The maximum absolute atomic E-state index is 6.13. The Balaban J connectivity index is 2.45. The maximum atomic E-state index is 6.13. The molecule has 1 aromatic carbocycles. The van der Waals surface area contributed by atoms with Crippen molar-refractivity contribution in [2.45, 2.75) is 10.9 Å². The first-order valence-corrected chi connectivity index (χ1v) is 8.63. The molecule has 2 aromatic rings. The molecule has 0 saturated heterocycles. The molecule has 0 fully saturated rings. The minimum absolute atomic E-state index is 0.183. The van der Waals surface area contributed by atoms with Crippen LogP contribution < -0.4 is 5.32 Å². The smallest absolute Gasteiger partial charge is 0.107 e. The summed E-state index contributed by atoms with van der Waals surface area (Å²) in [5.41, 5.74) is 1.29. The standard InChI is InChI=1S/C13H13BrClNS2/c1-16-12(11-7-9(14)13(15)18-11)8-5-3-4-6-10(8)17-2/h3-7,12,16H,1-2H3. The third-order valence-electron chi connectivity index (χ3n) is 2.69. The molecule has 1 heterocycles. The quantitative estimate of drug-likeness (QED) is 0.751. The fourth-order valence-electron chi connectivity index (χ4n) is 1.86. The Morgan fingerprint density at radius 2 is 2.11 bits per heavy atom. The van der Waals surface area contributed by atoms with Gasteiger partial charge in [-0.25, -0.2) is 0 Å². The molecule has 2 rings (SSSR count). The molecule has 1 nitrogen and oxygen atoms in total. The van der Waals surface area contributed by atoms with E-state index in [0.717, 1.165) is 8.81 Å². The largest absolute Gasteiger partial charge is 0.309 e. The molecule has 1 N–H and O–H groups in total. The van der Waals surface area contributed by atoms with Gasteiger partial charge in [-0.3, -0.25) is 0 Å². The SMILES string of the molecule is CNC(c1cc(Br)c(Cl)s1)c1ccccc1SC. The minimum Gasteiger partial charge on any atom is -0.309 e. The first-order chi connectivity index (χ1) is 8.67. The number of hydrogen-bond donors (Lipinski definition) is 1. The van der Waals surface area contributed by atoms with Crippen molar-refractivity contribution in [2.75, 3.05) is 13.3 Å². The number of hydrogen-bond acceptors (Lipinski definition) is 3. The number of thiophene rings is 1. The molecule has 1 unspecified atom stereocenters. The minimum atomic E-state index is 0.183. The van der Waals surface area contributed by atoms with Crippen molar-refractivity contribution in [1.29, 1.82) is 0 Å². The van der Waals surface area contributed by atoms with E-state index in [4.69, 9.17) is 11.6 Å². The zero-order chi connectivity index (χ0) is 13.1. The van der Waals surface area contributed by atoms with Gasteiger partial charge in [0.15, 0.2) is 0 Å². The van der Waals surface area contributed by atoms with Gasteiger partial charge in [0.2, 0.25) is 0 Å². The van der Waals surface area contributed by atoms with Crippen molar-refractivity contribution < 1.29 is 0 Å². The van der Waals surface area contributed by atoms with Crippen LogP contribution in [0, 0.1) is 0 Å². The van der Waals surface area contributed by atoms with E-state index < -0.39 is 0 Å². The lowest BCUT2D eigenvalue weighted by Crippen LogP contribution is -2.17. The number of nitrogens with one attached hydrogen (secondary N) is 1. The van der Waals surface area contributed by atoms with Crippen molar-refractivity contribution in [2.24, 2.45) is 0 Å². The van der Waals surface area contributed by atoms with Crippen molar-refractivity contribution in [3.05, 3.63) is 49.6 Å². The highest BCUT2D eigenvalue weighted by Crippen LogP contribution is 2.39. The summed E-state index contributed by atoms with van der Waals surface area (Å²) >= 11 is 13.0. The normalized spacial score (nSPS) is 12.7. The fraction of sp³-hybridized carbons (Fsp3) is 0.231. The van der Waals surface area contributed by atoms with Crippen LogP contribution >= 0.6 is 50.6 Å². The van der Waals surface area contributed by atoms with E-state index in [9.17, 15) is 0 Å². The van der Waals surface area contributed by atoms with Gasteiger partial charge < -0.3 is 5.32 Å². The first-order valence-electron chi connectivity index (χ1n) is 5.42. The molecule has 5 heteroatoms. The summed E-state index contributed by atoms with van der Waals surface area (Å²) in [6, 6.07) is 10.7. The second kappa shape index (κ2) is 6.44. The van der Waals surface area contributed by atoms with Gasteiger partial charge in [-0.1, -0.05) is 29.8 Å². The molecule has 18 heavy (non-hydrogen) atoms. The van der Waals surface area contributed by atoms with E-state index in [2.05, 4.69) is 57.8 Å². The van der Waals surface area contributed by atoms with Gasteiger partial charge in [-0.2, -0.15) is 0 Å². The van der Waals surface area contributed by atoms with E-state index in [1.807, 2.05) is 7.05 Å². The van der Waals surface area contributed by atoms with Crippen LogP contribution in [-0.4, -0.2) is 13.3 Å². The third kappa shape index (κ3) is 2.94. The molecule has 0 radical (unpaired) electrons. The van der Waals surface area contributed by atoms with E-state index in [1.54, 1.807) is 23.1 Å². The average Bonchev–Trinajstić information content (AvgIpc) is 2.71. The Morgan fingerprint density at radius 1 is 1.39 bits per heavy atom. The van der Waals surface area contributed by atoms with Crippen LogP contribution in [0.2, 0.25) is 4.34 Å². The summed E-state index contributed by atoms with van der Waals surface area (Å²) in [5, 5.41) is 3.37. The van der Waals surface area contributed by atoms with E-state index in [1.165, 1.54) is 15.3 Å². The molecular formula is C13H13BrClNS2. The van der Waals surface area contributed by atoms with Gasteiger partial charge >= 0.3 is 0 Å². The molecule has 0 bridgehead atoms. The second-order valence-corrected chi connectivity index (χ2v) is 7.12. The van der Waals surface area contributed by atoms with E-state index in [-0.39, 0.29) is 6.04 Å². The maximum Gasteiger partial charge on any atom is 0.107 e. The van der Waals surface area contributed by atoms with Crippen molar-refractivity contribution >= 4 is 50.6 Å². The van der Waals surface area contributed by atoms with Crippen LogP contribution in [0.4, 0.5) is 0 Å². The highest BCUT2D eigenvalue weighted by atomic mass is 79.9. The van der Waals surface area contributed by atoms with Crippen LogP contribution in [0.1, 0.15) is 16.5 Å². The number of thioether (sulfide) groups is 1. The lowest BCUT2D eigenvalue weighted by molar-refractivity contribution is 0.692. The van der Waals surface area contributed by atoms with Crippen LogP contribution in [0.15, 0.2) is 39.7 Å². The van der Waals surface area contributed by atoms with Crippen molar-refractivity contribution in [3.8, 4) is 0 Å². The summed E-state index contributed by atoms with van der Waals surface area (Å²) in [7, 11) is 1.98. The lowest BCUT2D eigenvalue weighted by atomic mass is 10.1. The van der Waals surface area contributed by atoms with Gasteiger partial charge in [-0.15, -0.1) is 23.1 Å². The monoisotopic (exact) mass is 361 g/mol. The van der Waals surface area contributed by atoms with Gasteiger partial charge in [0.1, 0.15) is 4.34 Å². The highest BCUT2D eigenvalue weighted by Gasteiger charge is 2.18. The topological polar surface area (TPSA) is 12.0 Å². The van der Waals surface area contributed by atoms with Crippen molar-refractivity contribution in [1.82, 2.24) is 5.32 Å². The molecule has 0 amide bonds. The van der Waals surface area contributed by atoms with Gasteiger partial charge in [0.05, 0.1) is 6.04 Å². The molecular weight excluding hydrogens is 350 g/mol. The first kappa shape index (κ1) is 14.4.